The van der Waals surface area contributed by atoms with E-state index in [1.54, 1.807) is 0 Å². The highest BCUT2D eigenvalue weighted by Gasteiger charge is 2.56. The molecule has 0 radical (unpaired) electrons. The van der Waals surface area contributed by atoms with Crippen molar-refractivity contribution in [2.75, 3.05) is 0 Å². The van der Waals surface area contributed by atoms with Gasteiger partial charge in [0.05, 0.1) is 6.10 Å². The van der Waals surface area contributed by atoms with Crippen molar-refractivity contribution in [1.29, 1.82) is 0 Å². The number of hydrogen-bond acceptors (Lipinski definition) is 1. The molecule has 2 saturated carbocycles. The van der Waals surface area contributed by atoms with E-state index in [0.29, 0.717) is 11.8 Å². The van der Waals surface area contributed by atoms with Crippen LogP contribution >= 0.6 is 0 Å². The van der Waals surface area contributed by atoms with Crippen LogP contribution in [0.25, 0.3) is 0 Å². The first-order chi connectivity index (χ1) is 9.72. The van der Waals surface area contributed by atoms with Gasteiger partial charge in [-0.3, -0.25) is 0 Å². The predicted molar refractivity (Wildman–Crippen MR) is 89.0 cm³/mol. The molecule has 1 heteroatoms. The van der Waals surface area contributed by atoms with Crippen LogP contribution in [0.5, 0.6) is 0 Å². The van der Waals surface area contributed by atoms with Gasteiger partial charge in [-0.2, -0.15) is 0 Å². The highest BCUT2D eigenvalue weighted by atomic mass is 16.3. The summed E-state index contributed by atoms with van der Waals surface area (Å²) in [5, 5.41) is 10.9. The molecule has 5 atom stereocenters. The second-order valence-corrected chi connectivity index (χ2v) is 9.18. The number of allylic oxidation sites excluding steroid dienone is 2. The lowest BCUT2D eigenvalue weighted by molar-refractivity contribution is -0.103. The summed E-state index contributed by atoms with van der Waals surface area (Å²) in [5.41, 5.74) is 2.30. The van der Waals surface area contributed by atoms with E-state index in [0.717, 1.165) is 6.42 Å². The van der Waals surface area contributed by atoms with E-state index in [4.69, 9.17) is 0 Å². The molecule has 0 unspecified atom stereocenters. The Kier molecular flexibility index (Phi) is 3.44. The molecule has 0 heterocycles. The van der Waals surface area contributed by atoms with Crippen molar-refractivity contribution in [1.82, 2.24) is 0 Å². The zero-order chi connectivity index (χ0) is 15.5. The van der Waals surface area contributed by atoms with E-state index in [1.165, 1.54) is 37.7 Å². The van der Waals surface area contributed by atoms with Gasteiger partial charge in [-0.05, 0) is 60.2 Å². The summed E-state index contributed by atoms with van der Waals surface area (Å²) in [6.07, 6.45) is 11.6. The average molecular weight is 288 g/mol. The van der Waals surface area contributed by atoms with E-state index < -0.39 is 0 Å². The predicted octanol–water partition coefficient (Wildman–Crippen LogP) is 5.11. The Morgan fingerprint density at radius 3 is 2.57 bits per heavy atom. The van der Waals surface area contributed by atoms with Crippen LogP contribution in [-0.4, -0.2) is 11.2 Å². The van der Waals surface area contributed by atoms with Crippen LogP contribution in [0.3, 0.4) is 0 Å². The standard InChI is InChI=1S/C20H32O/c1-6-19(4)11-8-15-14(13-19)12-16(21)17-18(2,3)9-7-10-20(15,17)5/h6,12,15-17,21H,1,7-11,13H2,2-5H3/t15-,16-,17+,19-,20-/m1/s1. The minimum atomic E-state index is -0.260. The zero-order valence-corrected chi connectivity index (χ0v) is 14.3. The van der Waals surface area contributed by atoms with Gasteiger partial charge in [0.2, 0.25) is 0 Å². The summed E-state index contributed by atoms with van der Waals surface area (Å²) >= 11 is 0. The molecule has 0 saturated heterocycles. The number of aliphatic hydroxyl groups excluding tert-OH is 1. The van der Waals surface area contributed by atoms with Gasteiger partial charge >= 0.3 is 0 Å². The highest BCUT2D eigenvalue weighted by Crippen LogP contribution is 2.63. The molecule has 3 aliphatic carbocycles. The Morgan fingerprint density at radius 2 is 1.90 bits per heavy atom. The topological polar surface area (TPSA) is 20.2 Å². The summed E-state index contributed by atoms with van der Waals surface area (Å²) in [6.45, 7) is 13.6. The van der Waals surface area contributed by atoms with Gasteiger partial charge in [0.1, 0.15) is 0 Å². The molecular weight excluding hydrogens is 256 g/mol. The second-order valence-electron chi connectivity index (χ2n) is 9.18. The molecule has 3 rings (SSSR count). The normalized spacial score (nSPS) is 48.8. The molecule has 0 aliphatic heterocycles. The van der Waals surface area contributed by atoms with Crippen molar-refractivity contribution in [3.63, 3.8) is 0 Å². The van der Waals surface area contributed by atoms with Crippen LogP contribution in [-0.2, 0) is 0 Å². The molecule has 3 aliphatic rings. The smallest absolute Gasteiger partial charge is 0.0762 e. The molecule has 0 amide bonds. The first-order valence-corrected chi connectivity index (χ1v) is 8.74. The molecule has 0 bridgehead atoms. The number of aliphatic hydroxyl groups is 1. The second kappa shape index (κ2) is 4.72. The van der Waals surface area contributed by atoms with Gasteiger partial charge in [0.25, 0.3) is 0 Å². The van der Waals surface area contributed by atoms with E-state index in [1.807, 2.05) is 0 Å². The molecule has 0 spiro atoms. The number of hydrogen-bond donors (Lipinski definition) is 1. The number of fused-ring (bicyclic) bond motifs is 3. The molecule has 0 aromatic carbocycles. The van der Waals surface area contributed by atoms with Crippen LogP contribution in [0, 0.1) is 28.1 Å². The molecule has 0 aromatic heterocycles. The van der Waals surface area contributed by atoms with E-state index in [9.17, 15) is 5.11 Å². The minimum Gasteiger partial charge on any atom is -0.389 e. The maximum atomic E-state index is 10.9. The zero-order valence-electron chi connectivity index (χ0n) is 14.3. The molecule has 1 nitrogen and oxygen atoms in total. The van der Waals surface area contributed by atoms with E-state index in [-0.39, 0.29) is 22.3 Å². The Morgan fingerprint density at radius 1 is 1.19 bits per heavy atom. The van der Waals surface area contributed by atoms with Crippen molar-refractivity contribution >= 4 is 0 Å². The lowest BCUT2D eigenvalue weighted by atomic mass is 9.45. The Labute approximate surface area is 130 Å². The maximum absolute atomic E-state index is 10.9. The fourth-order valence-electron chi connectivity index (χ4n) is 6.13. The molecule has 1 N–H and O–H groups in total. The summed E-state index contributed by atoms with van der Waals surface area (Å²) in [7, 11) is 0. The Bertz CT molecular complexity index is 474. The first kappa shape index (κ1) is 15.3. The fourth-order valence-corrected chi connectivity index (χ4v) is 6.13. The van der Waals surface area contributed by atoms with Crippen molar-refractivity contribution in [2.45, 2.75) is 72.3 Å². The van der Waals surface area contributed by atoms with Crippen LogP contribution in [0.4, 0.5) is 0 Å². The lowest BCUT2D eigenvalue weighted by Crippen LogP contribution is -2.55. The minimum absolute atomic E-state index is 0.232. The van der Waals surface area contributed by atoms with Crippen LogP contribution in [0.2, 0.25) is 0 Å². The largest absolute Gasteiger partial charge is 0.389 e. The van der Waals surface area contributed by atoms with Gasteiger partial charge < -0.3 is 5.11 Å². The van der Waals surface area contributed by atoms with Crippen molar-refractivity contribution in [3.8, 4) is 0 Å². The van der Waals surface area contributed by atoms with Gasteiger partial charge in [0.15, 0.2) is 0 Å². The molecule has 118 valence electrons. The third-order valence-electron chi connectivity index (χ3n) is 7.16. The summed E-state index contributed by atoms with van der Waals surface area (Å²) in [6, 6.07) is 0. The van der Waals surface area contributed by atoms with E-state index >= 15 is 0 Å². The average Bonchev–Trinajstić information content (AvgIpc) is 2.36. The molecule has 21 heavy (non-hydrogen) atoms. The van der Waals surface area contributed by atoms with Crippen molar-refractivity contribution < 1.29 is 5.11 Å². The van der Waals surface area contributed by atoms with Crippen LogP contribution < -0.4 is 0 Å². The van der Waals surface area contributed by atoms with Gasteiger partial charge in [-0.15, -0.1) is 6.58 Å². The first-order valence-electron chi connectivity index (χ1n) is 8.74. The van der Waals surface area contributed by atoms with Crippen LogP contribution in [0.1, 0.15) is 66.2 Å². The molecule has 0 aromatic rings. The van der Waals surface area contributed by atoms with Gasteiger partial charge in [-0.25, -0.2) is 0 Å². The summed E-state index contributed by atoms with van der Waals surface area (Å²) in [4.78, 5) is 0. The van der Waals surface area contributed by atoms with Crippen LogP contribution in [0.15, 0.2) is 24.3 Å². The fraction of sp³-hybridized carbons (Fsp3) is 0.800. The summed E-state index contributed by atoms with van der Waals surface area (Å²) < 4.78 is 0. The number of rotatable bonds is 1. The third-order valence-corrected chi connectivity index (χ3v) is 7.16. The maximum Gasteiger partial charge on any atom is 0.0762 e. The van der Waals surface area contributed by atoms with Gasteiger partial charge in [0, 0.05) is 0 Å². The monoisotopic (exact) mass is 288 g/mol. The quantitative estimate of drug-likeness (QED) is 0.665. The third kappa shape index (κ3) is 2.23. The van der Waals surface area contributed by atoms with Crippen molar-refractivity contribution in [3.05, 3.63) is 24.3 Å². The Balaban J connectivity index is 2.01. The molecular formula is C20H32O. The Hall–Kier alpha value is -0.560. The molecule has 2 fully saturated rings. The highest BCUT2D eigenvalue weighted by molar-refractivity contribution is 5.27. The van der Waals surface area contributed by atoms with Gasteiger partial charge in [-0.1, -0.05) is 51.8 Å². The van der Waals surface area contributed by atoms with Crippen molar-refractivity contribution in [2.24, 2.45) is 28.1 Å². The SMILES string of the molecule is C=C[C@]1(C)CC[C@@H]2C(=C[C@@H](O)[C@H]3C(C)(C)CCC[C@]23C)C1. The van der Waals surface area contributed by atoms with E-state index in [2.05, 4.69) is 46.4 Å². The lowest BCUT2D eigenvalue weighted by Gasteiger charge is -2.60. The summed E-state index contributed by atoms with van der Waals surface area (Å²) in [5.74, 6) is 1.10.